The molecule has 3 aromatic rings. The van der Waals surface area contributed by atoms with E-state index < -0.39 is 27.3 Å². The second-order valence-corrected chi connectivity index (χ2v) is 9.47. The van der Waals surface area contributed by atoms with Crippen LogP contribution in [0.1, 0.15) is 25.8 Å². The maximum atomic E-state index is 12.8. The number of ether oxygens (including phenoxy) is 2. The number of hydrogen-bond donors (Lipinski definition) is 3. The van der Waals surface area contributed by atoms with E-state index in [4.69, 9.17) is 9.47 Å². The van der Waals surface area contributed by atoms with Crippen LogP contribution in [0.2, 0.25) is 0 Å². The number of nitrogens with one attached hydrogen (secondary N) is 3. The van der Waals surface area contributed by atoms with Gasteiger partial charge in [0.15, 0.2) is 5.41 Å². The molecule has 1 aromatic heterocycles. The summed E-state index contributed by atoms with van der Waals surface area (Å²) in [6.45, 7) is 3.64. The third kappa shape index (κ3) is 3.78. The lowest BCUT2D eigenvalue weighted by Crippen LogP contribution is -2.43. The van der Waals surface area contributed by atoms with Crippen LogP contribution < -0.4 is 14.8 Å². The Bertz CT molecular complexity index is 1380. The van der Waals surface area contributed by atoms with E-state index in [-0.39, 0.29) is 13.0 Å². The normalized spacial score (nSPS) is 17.5. The largest absolute Gasteiger partial charge is 0.496 e. The second kappa shape index (κ2) is 8.07. The molecule has 1 atom stereocenters. The van der Waals surface area contributed by atoms with Gasteiger partial charge in [-0.1, -0.05) is 6.92 Å². The van der Waals surface area contributed by atoms with Crippen molar-refractivity contribution in [2.24, 2.45) is 0 Å². The molecule has 1 aliphatic rings. The summed E-state index contributed by atoms with van der Waals surface area (Å²) in [5, 5.41) is 2.79. The molecular formula is C22H24N4O6S. The number of carbonyl (C=O) groups is 2. The van der Waals surface area contributed by atoms with Gasteiger partial charge in [0.05, 0.1) is 42.3 Å². The number of anilines is 2. The van der Waals surface area contributed by atoms with Crippen molar-refractivity contribution in [1.82, 2.24) is 9.97 Å². The van der Waals surface area contributed by atoms with Gasteiger partial charge in [0, 0.05) is 17.3 Å². The first-order chi connectivity index (χ1) is 15.6. The fraction of sp³-hybridized carbons (Fsp3) is 0.318. The zero-order valence-electron chi connectivity index (χ0n) is 18.6. The van der Waals surface area contributed by atoms with Crippen LogP contribution in [0.4, 0.5) is 11.4 Å². The van der Waals surface area contributed by atoms with Crippen LogP contribution in [-0.4, -0.2) is 50.2 Å². The summed E-state index contributed by atoms with van der Waals surface area (Å²) in [5.74, 6) is -0.0978. The highest BCUT2D eigenvalue weighted by molar-refractivity contribution is 7.92. The summed E-state index contributed by atoms with van der Waals surface area (Å²) in [5.41, 5.74) is 1.82. The maximum absolute atomic E-state index is 12.8. The number of aromatic nitrogens is 2. The minimum absolute atomic E-state index is 0.170. The molecule has 0 fully saturated rings. The number of nitrogens with zero attached hydrogens (tertiary/aromatic N) is 1. The summed E-state index contributed by atoms with van der Waals surface area (Å²) in [6.07, 6.45) is 1.32. The van der Waals surface area contributed by atoms with Gasteiger partial charge in [0.2, 0.25) is 15.9 Å². The molecule has 1 unspecified atom stereocenters. The fourth-order valence-electron chi connectivity index (χ4n) is 4.11. The molecule has 3 N–H and O–H groups in total. The zero-order chi connectivity index (χ0) is 24.0. The lowest BCUT2D eigenvalue weighted by Gasteiger charge is -2.23. The topological polar surface area (TPSA) is 139 Å². The molecule has 10 nitrogen and oxygen atoms in total. The van der Waals surface area contributed by atoms with Gasteiger partial charge in [-0.15, -0.1) is 0 Å². The molecule has 2 aromatic carbocycles. The number of sulfonamides is 1. The Labute approximate surface area is 190 Å². The number of imidazole rings is 1. The molecule has 1 aliphatic heterocycles. The Morgan fingerprint density at radius 3 is 2.61 bits per heavy atom. The number of carbonyl (C=O) groups excluding carboxylic acids is 2. The number of amides is 1. The van der Waals surface area contributed by atoms with E-state index in [0.717, 1.165) is 6.26 Å². The molecule has 0 saturated heterocycles. The standard InChI is InChI=1S/C22H24N4O6S/c1-5-22(21(28)32-6-2)14-10-16-17(11-15(14)25-20(22)27)24-19(23-16)13-8-7-12(9-18(13)31-3)26-33(4,29)30/h7-11,26H,5-6H2,1-4H3,(H,23,24)(H,25,27). The van der Waals surface area contributed by atoms with Gasteiger partial charge < -0.3 is 19.8 Å². The van der Waals surface area contributed by atoms with Gasteiger partial charge >= 0.3 is 5.97 Å². The number of benzene rings is 2. The minimum atomic E-state index is -3.44. The van der Waals surface area contributed by atoms with E-state index >= 15 is 0 Å². The maximum Gasteiger partial charge on any atom is 0.326 e. The molecule has 0 bridgehead atoms. The van der Waals surface area contributed by atoms with Crippen molar-refractivity contribution in [2.75, 3.05) is 30.0 Å². The molecule has 2 heterocycles. The quantitative estimate of drug-likeness (QED) is 0.355. The third-order valence-corrected chi connectivity index (χ3v) is 6.24. The Morgan fingerprint density at radius 2 is 1.97 bits per heavy atom. The average molecular weight is 473 g/mol. The summed E-state index contributed by atoms with van der Waals surface area (Å²) in [4.78, 5) is 33.4. The van der Waals surface area contributed by atoms with E-state index in [1.807, 2.05) is 0 Å². The molecule has 0 saturated carbocycles. The Kier molecular flexibility index (Phi) is 5.52. The van der Waals surface area contributed by atoms with Crippen LogP contribution in [0.25, 0.3) is 22.4 Å². The summed E-state index contributed by atoms with van der Waals surface area (Å²) in [7, 11) is -1.96. The molecule has 11 heteroatoms. The minimum Gasteiger partial charge on any atom is -0.496 e. The zero-order valence-corrected chi connectivity index (χ0v) is 19.4. The monoisotopic (exact) mass is 472 g/mol. The lowest BCUT2D eigenvalue weighted by atomic mass is 9.79. The predicted molar refractivity (Wildman–Crippen MR) is 124 cm³/mol. The lowest BCUT2D eigenvalue weighted by molar-refractivity contribution is -0.153. The first-order valence-corrected chi connectivity index (χ1v) is 12.2. The molecule has 0 radical (unpaired) electrons. The highest BCUT2D eigenvalue weighted by Gasteiger charge is 2.53. The van der Waals surface area contributed by atoms with Crippen LogP contribution in [0.5, 0.6) is 5.75 Å². The summed E-state index contributed by atoms with van der Waals surface area (Å²) in [6, 6.07) is 8.31. The van der Waals surface area contributed by atoms with Gasteiger partial charge in [0.25, 0.3) is 0 Å². The van der Waals surface area contributed by atoms with E-state index in [0.29, 0.717) is 45.1 Å². The number of H-pyrrole nitrogens is 1. The van der Waals surface area contributed by atoms with E-state index in [9.17, 15) is 18.0 Å². The number of esters is 1. The molecule has 33 heavy (non-hydrogen) atoms. The fourth-order valence-corrected chi connectivity index (χ4v) is 4.66. The number of rotatable bonds is 7. The van der Waals surface area contributed by atoms with E-state index in [1.165, 1.54) is 7.11 Å². The van der Waals surface area contributed by atoms with Gasteiger partial charge in [-0.25, -0.2) is 13.4 Å². The van der Waals surface area contributed by atoms with Gasteiger partial charge in [-0.05, 0) is 37.6 Å². The van der Waals surface area contributed by atoms with Crippen molar-refractivity contribution in [2.45, 2.75) is 25.7 Å². The number of hydrogen-bond acceptors (Lipinski definition) is 7. The smallest absolute Gasteiger partial charge is 0.326 e. The Balaban J connectivity index is 1.80. The highest BCUT2D eigenvalue weighted by Crippen LogP contribution is 2.43. The Morgan fingerprint density at radius 1 is 1.21 bits per heavy atom. The van der Waals surface area contributed by atoms with Crippen molar-refractivity contribution in [3.05, 3.63) is 35.9 Å². The molecule has 0 aliphatic carbocycles. The highest BCUT2D eigenvalue weighted by atomic mass is 32.2. The number of fused-ring (bicyclic) bond motifs is 2. The van der Waals surface area contributed by atoms with E-state index in [2.05, 4.69) is 20.0 Å². The van der Waals surface area contributed by atoms with E-state index in [1.54, 1.807) is 44.2 Å². The van der Waals surface area contributed by atoms with Crippen LogP contribution in [0.15, 0.2) is 30.3 Å². The van der Waals surface area contributed by atoms with Crippen LogP contribution in [0, 0.1) is 0 Å². The number of aromatic amines is 1. The first-order valence-electron chi connectivity index (χ1n) is 10.3. The van der Waals surface area contributed by atoms with Crippen LogP contribution in [0.3, 0.4) is 0 Å². The predicted octanol–water partition coefficient (Wildman–Crippen LogP) is 2.77. The van der Waals surface area contributed by atoms with Crippen molar-refractivity contribution < 1.29 is 27.5 Å². The third-order valence-electron chi connectivity index (χ3n) is 5.63. The summed E-state index contributed by atoms with van der Waals surface area (Å²) < 4.78 is 36.1. The first kappa shape index (κ1) is 22.6. The summed E-state index contributed by atoms with van der Waals surface area (Å²) >= 11 is 0. The molecule has 4 rings (SSSR count). The Hall–Kier alpha value is -3.60. The van der Waals surface area contributed by atoms with Crippen LogP contribution in [-0.2, 0) is 29.8 Å². The molecule has 1 amide bonds. The SMILES string of the molecule is CCOC(=O)C1(CC)C(=O)Nc2cc3nc(-c4ccc(NS(C)(=O)=O)cc4OC)[nH]c3cc21. The van der Waals surface area contributed by atoms with Crippen molar-refractivity contribution in [3.8, 4) is 17.1 Å². The van der Waals surface area contributed by atoms with Gasteiger partial charge in [0.1, 0.15) is 11.6 Å². The van der Waals surface area contributed by atoms with Gasteiger partial charge in [-0.2, -0.15) is 0 Å². The molecule has 174 valence electrons. The molecule has 0 spiro atoms. The van der Waals surface area contributed by atoms with Crippen molar-refractivity contribution in [1.29, 1.82) is 0 Å². The van der Waals surface area contributed by atoms with Crippen molar-refractivity contribution in [3.63, 3.8) is 0 Å². The molecular weight excluding hydrogens is 448 g/mol. The van der Waals surface area contributed by atoms with Gasteiger partial charge in [-0.3, -0.25) is 14.3 Å². The van der Waals surface area contributed by atoms with Crippen LogP contribution >= 0.6 is 0 Å². The van der Waals surface area contributed by atoms with Crippen molar-refractivity contribution >= 4 is 44.3 Å². The average Bonchev–Trinajstić information content (AvgIpc) is 3.28. The number of methoxy groups -OCH3 is 1. The second-order valence-electron chi connectivity index (χ2n) is 7.72.